The summed E-state index contributed by atoms with van der Waals surface area (Å²) < 4.78 is 11.6. The van der Waals surface area contributed by atoms with E-state index in [1.807, 2.05) is 89.4 Å². The largest absolute Gasteiger partial charge is 0.456 e. The molecule has 0 saturated carbocycles. The smallest absolute Gasteiger partial charge is 0.164 e. The second-order valence-electron chi connectivity index (χ2n) is 14.3. The summed E-state index contributed by atoms with van der Waals surface area (Å²) in [7, 11) is 0. The zero-order valence-electron chi connectivity index (χ0n) is 30.3. The third kappa shape index (κ3) is 5.30. The monoisotopic (exact) mass is 763 g/mol. The van der Waals surface area contributed by atoms with E-state index < -0.39 is 0 Å². The summed E-state index contributed by atoms with van der Waals surface area (Å²) >= 11 is 3.66. The number of nitrogens with zero attached hydrogens (tertiary/aromatic N) is 3. The Balaban J connectivity index is 1.03. The van der Waals surface area contributed by atoms with Gasteiger partial charge >= 0.3 is 0 Å². The van der Waals surface area contributed by atoms with E-state index in [0.29, 0.717) is 17.5 Å². The van der Waals surface area contributed by atoms with E-state index in [1.54, 1.807) is 0 Å². The Bertz CT molecular complexity index is 3470. The molecule has 0 spiro atoms. The summed E-state index contributed by atoms with van der Waals surface area (Å²) in [6.07, 6.45) is 0. The van der Waals surface area contributed by atoms with Gasteiger partial charge in [0.15, 0.2) is 17.5 Å². The maximum absolute atomic E-state index is 6.62. The second kappa shape index (κ2) is 12.8. The molecule has 0 aliphatic carbocycles. The first kappa shape index (κ1) is 32.3. The molecule has 0 atom stereocenters. The fourth-order valence-corrected chi connectivity index (χ4v) is 10.7. The molecule has 266 valence electrons. The Morgan fingerprint density at radius 2 is 0.912 bits per heavy atom. The molecule has 0 radical (unpaired) electrons. The summed E-state index contributed by atoms with van der Waals surface area (Å²) in [5, 5.41) is 7.31. The van der Waals surface area contributed by atoms with Crippen LogP contribution in [0.5, 0.6) is 0 Å². The lowest BCUT2D eigenvalue weighted by atomic mass is 9.93. The van der Waals surface area contributed by atoms with Gasteiger partial charge in [0.05, 0.1) is 0 Å². The first-order valence-corrected chi connectivity index (χ1v) is 20.6. The van der Waals surface area contributed by atoms with E-state index in [9.17, 15) is 0 Å². The molecule has 0 fully saturated rings. The highest BCUT2D eigenvalue weighted by molar-refractivity contribution is 7.26. The molecule has 6 heteroatoms. The van der Waals surface area contributed by atoms with Crippen LogP contribution >= 0.6 is 22.7 Å². The van der Waals surface area contributed by atoms with Crippen molar-refractivity contribution in [3.63, 3.8) is 0 Å². The first-order chi connectivity index (χ1) is 28.2. The predicted octanol–water partition coefficient (Wildman–Crippen LogP) is 14.8. The van der Waals surface area contributed by atoms with E-state index in [1.165, 1.54) is 57.0 Å². The van der Waals surface area contributed by atoms with Crippen molar-refractivity contribution in [2.75, 3.05) is 0 Å². The van der Waals surface area contributed by atoms with Gasteiger partial charge in [-0.15, -0.1) is 22.7 Å². The van der Waals surface area contributed by atoms with Crippen LogP contribution in [0.25, 0.3) is 119 Å². The molecule has 12 aromatic rings. The topological polar surface area (TPSA) is 51.8 Å². The van der Waals surface area contributed by atoms with Gasteiger partial charge in [-0.1, -0.05) is 140 Å². The minimum atomic E-state index is 0.651. The molecule has 0 bridgehead atoms. The zero-order chi connectivity index (χ0) is 37.5. The highest BCUT2D eigenvalue weighted by Crippen LogP contribution is 2.46. The van der Waals surface area contributed by atoms with Crippen LogP contribution in [-0.4, -0.2) is 15.0 Å². The van der Waals surface area contributed by atoms with Gasteiger partial charge in [-0.25, -0.2) is 15.0 Å². The van der Waals surface area contributed by atoms with Crippen LogP contribution in [0.3, 0.4) is 0 Å². The number of hydrogen-bond donors (Lipinski definition) is 0. The highest BCUT2D eigenvalue weighted by atomic mass is 32.1. The van der Waals surface area contributed by atoms with Crippen LogP contribution in [0.1, 0.15) is 0 Å². The Hall–Kier alpha value is -6.99. The van der Waals surface area contributed by atoms with Gasteiger partial charge in [0.2, 0.25) is 0 Å². The molecule has 4 heterocycles. The molecule has 4 aromatic heterocycles. The van der Waals surface area contributed by atoms with Gasteiger partial charge < -0.3 is 4.42 Å². The summed E-state index contributed by atoms with van der Waals surface area (Å²) in [5.74, 6) is 1.96. The molecule has 8 aromatic carbocycles. The van der Waals surface area contributed by atoms with Gasteiger partial charge in [-0.3, -0.25) is 0 Å². The maximum Gasteiger partial charge on any atom is 0.164 e. The summed E-state index contributed by atoms with van der Waals surface area (Å²) in [6, 6.07) is 62.0. The molecule has 0 unspecified atom stereocenters. The normalized spacial score (nSPS) is 11.9. The van der Waals surface area contributed by atoms with Crippen LogP contribution in [0.2, 0.25) is 0 Å². The van der Waals surface area contributed by atoms with Crippen molar-refractivity contribution in [3.8, 4) is 56.4 Å². The average molecular weight is 764 g/mol. The number of para-hydroxylation sites is 1. The highest BCUT2D eigenvalue weighted by Gasteiger charge is 2.19. The number of aromatic nitrogens is 3. The molecule has 12 rings (SSSR count). The van der Waals surface area contributed by atoms with Gasteiger partial charge in [0, 0.05) is 67.8 Å². The van der Waals surface area contributed by atoms with Gasteiger partial charge in [0.1, 0.15) is 11.2 Å². The number of benzene rings is 8. The second-order valence-corrected chi connectivity index (χ2v) is 16.5. The lowest BCUT2D eigenvalue weighted by Crippen LogP contribution is -1.99. The molecule has 57 heavy (non-hydrogen) atoms. The molecular weight excluding hydrogens is 735 g/mol. The Labute approximate surface area is 335 Å². The minimum absolute atomic E-state index is 0.651. The Kier molecular flexibility index (Phi) is 7.24. The number of furan rings is 1. The molecule has 0 aliphatic heterocycles. The average Bonchev–Trinajstić information content (AvgIpc) is 3.97. The number of rotatable bonds is 5. The van der Waals surface area contributed by atoms with E-state index in [-0.39, 0.29) is 0 Å². The van der Waals surface area contributed by atoms with E-state index in [2.05, 4.69) is 109 Å². The minimum Gasteiger partial charge on any atom is -0.456 e. The summed E-state index contributed by atoms with van der Waals surface area (Å²) in [5.41, 5.74) is 9.31. The van der Waals surface area contributed by atoms with Crippen molar-refractivity contribution in [2.24, 2.45) is 0 Å². The van der Waals surface area contributed by atoms with Crippen LogP contribution in [0.4, 0.5) is 0 Å². The summed E-state index contributed by atoms with van der Waals surface area (Å²) in [6.45, 7) is 0. The third-order valence-electron chi connectivity index (χ3n) is 10.9. The first-order valence-electron chi connectivity index (χ1n) is 18.9. The molecule has 0 amide bonds. The van der Waals surface area contributed by atoms with Crippen molar-refractivity contribution < 1.29 is 4.42 Å². The van der Waals surface area contributed by atoms with Crippen LogP contribution in [-0.2, 0) is 0 Å². The molecule has 0 aliphatic rings. The lowest BCUT2D eigenvalue weighted by Gasteiger charge is -2.10. The lowest BCUT2D eigenvalue weighted by molar-refractivity contribution is 0.669. The molecular formula is C51H29N3OS2. The zero-order valence-corrected chi connectivity index (χ0v) is 31.9. The number of hydrogen-bond acceptors (Lipinski definition) is 6. The predicted molar refractivity (Wildman–Crippen MR) is 240 cm³/mol. The number of fused-ring (bicyclic) bond motifs is 9. The van der Waals surface area contributed by atoms with Crippen LogP contribution in [0, 0.1) is 0 Å². The van der Waals surface area contributed by atoms with Gasteiger partial charge in [-0.05, 0) is 58.7 Å². The molecule has 4 nitrogen and oxygen atoms in total. The third-order valence-corrected chi connectivity index (χ3v) is 13.3. The Morgan fingerprint density at radius 1 is 0.333 bits per heavy atom. The van der Waals surface area contributed by atoms with E-state index >= 15 is 0 Å². The van der Waals surface area contributed by atoms with Crippen molar-refractivity contribution in [2.45, 2.75) is 0 Å². The van der Waals surface area contributed by atoms with Crippen LogP contribution < -0.4 is 0 Å². The van der Waals surface area contributed by atoms with Crippen molar-refractivity contribution in [1.29, 1.82) is 0 Å². The molecule has 0 saturated heterocycles. The fraction of sp³-hybridized carbons (Fsp3) is 0. The summed E-state index contributed by atoms with van der Waals surface area (Å²) in [4.78, 5) is 14.9. The van der Waals surface area contributed by atoms with Crippen LogP contribution in [0.15, 0.2) is 180 Å². The van der Waals surface area contributed by atoms with Gasteiger partial charge in [-0.2, -0.15) is 0 Å². The fourth-order valence-electron chi connectivity index (χ4n) is 8.23. The molecule has 0 N–H and O–H groups in total. The quantitative estimate of drug-likeness (QED) is 0.175. The van der Waals surface area contributed by atoms with Crippen molar-refractivity contribution in [3.05, 3.63) is 176 Å². The number of thiophene rings is 2. The Morgan fingerprint density at radius 3 is 1.68 bits per heavy atom. The maximum atomic E-state index is 6.62. The van der Waals surface area contributed by atoms with Crippen molar-refractivity contribution in [1.82, 2.24) is 15.0 Å². The van der Waals surface area contributed by atoms with E-state index in [0.717, 1.165) is 44.2 Å². The SMILES string of the molecule is c1ccc(-c2nc(-c3ccccc3)nc(-c3ccc4c(c3)sc3c(-c5cc(-c6ccc7c(c6)sc6ccccc67)c6c(c5)oc5ccccc56)cccc34)n2)cc1. The standard InChI is InChI=1S/C51H29N3OS2/c1-3-12-30(13-4-1)49-52-50(31-14-5-2-6-15-31)54-51(53-49)33-23-25-38-39-19-11-18-35(48(39)57-46(38)29-33)34-26-41(47-40-17-7-9-20-42(40)55-43(47)27-34)32-22-24-37-36-16-8-10-21-44(36)56-45(37)28-32/h1-29H. The van der Waals surface area contributed by atoms with Crippen molar-refractivity contribution >= 4 is 85.0 Å². The van der Waals surface area contributed by atoms with E-state index in [4.69, 9.17) is 19.4 Å². The van der Waals surface area contributed by atoms with Gasteiger partial charge in [0.25, 0.3) is 0 Å².